The molecular weight excluding hydrogens is 226 g/mol. The minimum absolute atomic E-state index is 0.184. The lowest BCUT2D eigenvalue weighted by molar-refractivity contribution is 0.0636. The zero-order valence-corrected chi connectivity index (χ0v) is 10.5. The fourth-order valence-corrected chi connectivity index (χ4v) is 2.71. The Labute approximate surface area is 106 Å². The van der Waals surface area contributed by atoms with E-state index in [1.54, 1.807) is 6.33 Å². The van der Waals surface area contributed by atoms with Gasteiger partial charge in [-0.3, -0.25) is 4.79 Å². The van der Waals surface area contributed by atoms with Gasteiger partial charge in [0, 0.05) is 24.6 Å². The highest BCUT2D eigenvalue weighted by atomic mass is 16.1. The first-order valence-electron chi connectivity index (χ1n) is 6.32. The second kappa shape index (κ2) is 3.92. The molecule has 0 saturated heterocycles. The molecule has 1 aromatic heterocycles. The average Bonchev–Trinajstić information content (AvgIpc) is 2.70. The molecule has 4 nitrogen and oxygen atoms in total. The third kappa shape index (κ3) is 1.49. The zero-order chi connectivity index (χ0) is 12.8. The van der Waals surface area contributed by atoms with Gasteiger partial charge in [0.15, 0.2) is 5.78 Å². The number of fused-ring (bicyclic) bond motifs is 1. The first-order chi connectivity index (χ1) is 8.66. The molecule has 0 radical (unpaired) electrons. The first kappa shape index (κ1) is 11.4. The molecule has 0 amide bonds. The van der Waals surface area contributed by atoms with Crippen molar-refractivity contribution in [2.24, 2.45) is 18.2 Å². The van der Waals surface area contributed by atoms with Crippen molar-refractivity contribution in [2.75, 3.05) is 6.54 Å². The summed E-state index contributed by atoms with van der Waals surface area (Å²) in [5, 5.41) is 0. The molecule has 4 heteroatoms. The van der Waals surface area contributed by atoms with Gasteiger partial charge in [-0.1, -0.05) is 6.42 Å². The van der Waals surface area contributed by atoms with Gasteiger partial charge in [0.25, 0.3) is 0 Å². The number of hydrogen-bond acceptors (Lipinski definition) is 3. The number of Topliss-reactive ketones (excluding diaryl/α,β-unsaturated/α-hetero) is 1. The highest BCUT2D eigenvalue weighted by Gasteiger charge is 2.42. The fourth-order valence-electron chi connectivity index (χ4n) is 2.71. The van der Waals surface area contributed by atoms with Crippen molar-refractivity contribution in [1.29, 1.82) is 0 Å². The molecule has 1 fully saturated rings. The van der Waals surface area contributed by atoms with Crippen molar-refractivity contribution in [3.63, 3.8) is 0 Å². The minimum Gasteiger partial charge on any atom is -0.334 e. The maximum Gasteiger partial charge on any atom is 0.170 e. The van der Waals surface area contributed by atoms with E-state index in [2.05, 4.69) is 4.98 Å². The van der Waals surface area contributed by atoms with Crippen LogP contribution in [0.5, 0.6) is 0 Å². The van der Waals surface area contributed by atoms with Crippen molar-refractivity contribution in [2.45, 2.75) is 19.3 Å². The van der Waals surface area contributed by atoms with Gasteiger partial charge in [0.05, 0.1) is 17.4 Å². The number of aromatic nitrogens is 2. The third-order valence-corrected chi connectivity index (χ3v) is 4.17. The maximum absolute atomic E-state index is 12.5. The standard InChI is InChI=1S/C14H17N3O/c1-17-9-16-11-7-10(3-4-12(11)17)13(18)14(8-15)5-2-6-14/h3-4,7,9H,2,5-6,8,15H2,1H3. The van der Waals surface area contributed by atoms with E-state index in [9.17, 15) is 4.79 Å². The quantitative estimate of drug-likeness (QED) is 0.837. The first-order valence-corrected chi connectivity index (χ1v) is 6.32. The number of aryl methyl sites for hydroxylation is 1. The summed E-state index contributed by atoms with van der Waals surface area (Å²) in [5.74, 6) is 0.184. The molecule has 3 rings (SSSR count). The predicted octanol–water partition coefficient (Wildman–Crippen LogP) is 1.88. The molecule has 2 N–H and O–H groups in total. The molecule has 2 aromatic rings. The van der Waals surface area contributed by atoms with Crippen LogP contribution in [0.3, 0.4) is 0 Å². The van der Waals surface area contributed by atoms with Crippen molar-refractivity contribution in [3.8, 4) is 0 Å². The summed E-state index contributed by atoms with van der Waals surface area (Å²) in [6.07, 6.45) is 4.71. The van der Waals surface area contributed by atoms with Crippen molar-refractivity contribution in [1.82, 2.24) is 9.55 Å². The number of nitrogens with zero attached hydrogens (tertiary/aromatic N) is 2. The molecule has 0 atom stereocenters. The second-order valence-electron chi connectivity index (χ2n) is 5.23. The molecule has 1 aromatic carbocycles. The Bertz CT molecular complexity index is 605. The molecule has 1 aliphatic rings. The van der Waals surface area contributed by atoms with Crippen LogP contribution in [-0.4, -0.2) is 21.9 Å². The SMILES string of the molecule is Cn1cnc2cc(C(=O)C3(CN)CCC3)ccc21. The van der Waals surface area contributed by atoms with Gasteiger partial charge in [-0.2, -0.15) is 0 Å². The van der Waals surface area contributed by atoms with Crippen LogP contribution < -0.4 is 5.73 Å². The van der Waals surface area contributed by atoms with Crippen molar-refractivity contribution < 1.29 is 4.79 Å². The Morgan fingerprint density at radius 2 is 2.28 bits per heavy atom. The van der Waals surface area contributed by atoms with E-state index in [0.29, 0.717) is 6.54 Å². The Morgan fingerprint density at radius 1 is 1.50 bits per heavy atom. The number of imidazole rings is 1. The summed E-state index contributed by atoms with van der Waals surface area (Å²) in [5.41, 5.74) is 8.14. The van der Waals surface area contributed by atoms with E-state index >= 15 is 0 Å². The molecular formula is C14H17N3O. The number of nitrogens with two attached hydrogens (primary N) is 1. The van der Waals surface area contributed by atoms with E-state index in [1.165, 1.54) is 0 Å². The Kier molecular flexibility index (Phi) is 2.48. The van der Waals surface area contributed by atoms with Crippen molar-refractivity contribution >= 4 is 16.8 Å². The summed E-state index contributed by atoms with van der Waals surface area (Å²) in [6.45, 7) is 0.450. The predicted molar refractivity (Wildman–Crippen MR) is 70.4 cm³/mol. The fraction of sp³-hybridized carbons (Fsp3) is 0.429. The maximum atomic E-state index is 12.5. The number of carbonyl (C=O) groups is 1. The van der Waals surface area contributed by atoms with Crippen LogP contribution in [0.4, 0.5) is 0 Å². The highest BCUT2D eigenvalue weighted by Crippen LogP contribution is 2.42. The molecule has 94 valence electrons. The van der Waals surface area contributed by atoms with E-state index < -0.39 is 0 Å². The van der Waals surface area contributed by atoms with Gasteiger partial charge >= 0.3 is 0 Å². The molecule has 1 heterocycles. The van der Waals surface area contributed by atoms with Gasteiger partial charge in [-0.25, -0.2) is 4.98 Å². The molecule has 1 aliphatic carbocycles. The number of ketones is 1. The monoisotopic (exact) mass is 243 g/mol. The van der Waals surface area contributed by atoms with Crippen molar-refractivity contribution in [3.05, 3.63) is 30.1 Å². The molecule has 0 spiro atoms. The summed E-state index contributed by atoms with van der Waals surface area (Å²) < 4.78 is 1.95. The molecule has 1 saturated carbocycles. The van der Waals surface area contributed by atoms with Gasteiger partial charge in [-0.05, 0) is 31.0 Å². The number of benzene rings is 1. The van der Waals surface area contributed by atoms with Gasteiger partial charge in [0.1, 0.15) is 0 Å². The summed E-state index contributed by atoms with van der Waals surface area (Å²) >= 11 is 0. The van der Waals surface area contributed by atoms with E-state index in [1.807, 2.05) is 29.8 Å². The van der Waals surface area contributed by atoms with Crippen LogP contribution >= 0.6 is 0 Å². The van der Waals surface area contributed by atoms with E-state index in [4.69, 9.17) is 5.73 Å². The van der Waals surface area contributed by atoms with E-state index in [0.717, 1.165) is 35.9 Å². The lowest BCUT2D eigenvalue weighted by atomic mass is 9.64. The van der Waals surface area contributed by atoms with Crippen LogP contribution in [0, 0.1) is 5.41 Å². The third-order valence-electron chi connectivity index (χ3n) is 4.17. The van der Waals surface area contributed by atoms with Crippen LogP contribution in [0.25, 0.3) is 11.0 Å². The van der Waals surface area contributed by atoms with E-state index in [-0.39, 0.29) is 11.2 Å². The zero-order valence-electron chi connectivity index (χ0n) is 10.5. The Balaban J connectivity index is 2.01. The summed E-state index contributed by atoms with van der Waals surface area (Å²) in [7, 11) is 1.95. The largest absolute Gasteiger partial charge is 0.334 e. The molecule has 0 bridgehead atoms. The van der Waals surface area contributed by atoms with Crippen LogP contribution in [0.1, 0.15) is 29.6 Å². The van der Waals surface area contributed by atoms with Crippen LogP contribution in [0.2, 0.25) is 0 Å². The minimum atomic E-state index is -0.303. The molecule has 0 aliphatic heterocycles. The highest BCUT2D eigenvalue weighted by molar-refractivity contribution is 6.03. The topological polar surface area (TPSA) is 60.9 Å². The van der Waals surface area contributed by atoms with Crippen LogP contribution in [-0.2, 0) is 7.05 Å². The molecule has 0 unspecified atom stereocenters. The lowest BCUT2D eigenvalue weighted by Crippen LogP contribution is -2.44. The van der Waals surface area contributed by atoms with Gasteiger partial charge in [0.2, 0.25) is 0 Å². The second-order valence-corrected chi connectivity index (χ2v) is 5.23. The molecule has 18 heavy (non-hydrogen) atoms. The average molecular weight is 243 g/mol. The lowest BCUT2D eigenvalue weighted by Gasteiger charge is -2.39. The number of rotatable bonds is 3. The summed E-state index contributed by atoms with van der Waals surface area (Å²) in [6, 6.07) is 5.73. The summed E-state index contributed by atoms with van der Waals surface area (Å²) in [4.78, 5) is 16.8. The Hall–Kier alpha value is -1.68. The van der Waals surface area contributed by atoms with Crippen LogP contribution in [0.15, 0.2) is 24.5 Å². The number of hydrogen-bond donors (Lipinski definition) is 1. The normalized spacial score (nSPS) is 17.7. The number of carbonyl (C=O) groups excluding carboxylic acids is 1. The van der Waals surface area contributed by atoms with Gasteiger partial charge < -0.3 is 10.3 Å². The smallest absolute Gasteiger partial charge is 0.170 e. The Morgan fingerprint density at radius 3 is 2.89 bits per heavy atom. The van der Waals surface area contributed by atoms with Gasteiger partial charge in [-0.15, -0.1) is 0 Å².